The Bertz CT molecular complexity index is 751. The van der Waals surface area contributed by atoms with E-state index in [1.165, 1.54) is 0 Å². The average molecular weight is 373 g/mol. The Labute approximate surface area is 157 Å². The van der Waals surface area contributed by atoms with Crippen molar-refractivity contribution in [2.45, 2.75) is 25.7 Å². The second kappa shape index (κ2) is 9.25. The minimum absolute atomic E-state index is 0.0409. The third kappa shape index (κ3) is 5.60. The second-order valence-electron chi connectivity index (χ2n) is 6.16. The van der Waals surface area contributed by atoms with Crippen LogP contribution in [-0.2, 0) is 16.1 Å². The van der Waals surface area contributed by atoms with Crippen LogP contribution in [0.3, 0.4) is 0 Å². The summed E-state index contributed by atoms with van der Waals surface area (Å²) in [4.78, 5) is 12.1. The van der Waals surface area contributed by atoms with Crippen LogP contribution in [0.25, 0.3) is 0 Å². The van der Waals surface area contributed by atoms with Crippen LogP contribution in [-0.4, -0.2) is 43.2 Å². The van der Waals surface area contributed by atoms with Crippen molar-refractivity contribution in [2.24, 2.45) is 0 Å². The summed E-state index contributed by atoms with van der Waals surface area (Å²) >= 11 is 0. The van der Waals surface area contributed by atoms with Gasteiger partial charge in [-0.1, -0.05) is 30.3 Å². The Morgan fingerprint density at radius 3 is 2.78 bits per heavy atom. The van der Waals surface area contributed by atoms with E-state index in [-0.39, 0.29) is 25.9 Å². The van der Waals surface area contributed by atoms with Crippen LogP contribution < -0.4 is 19.5 Å². The second-order valence-corrected chi connectivity index (χ2v) is 6.16. The summed E-state index contributed by atoms with van der Waals surface area (Å²) in [7, 11) is 0. The molecule has 1 aliphatic rings. The van der Waals surface area contributed by atoms with Crippen LogP contribution >= 0.6 is 0 Å². The summed E-state index contributed by atoms with van der Waals surface area (Å²) in [5, 5.41) is 12.7. The maximum Gasteiger partial charge on any atom is 0.248 e. The topological polar surface area (TPSA) is 86.3 Å². The number of aliphatic hydroxyl groups excluding tert-OH is 1. The van der Waals surface area contributed by atoms with Gasteiger partial charge >= 0.3 is 0 Å². The zero-order valence-electron chi connectivity index (χ0n) is 15.1. The van der Waals surface area contributed by atoms with Crippen LogP contribution in [0.5, 0.6) is 17.2 Å². The van der Waals surface area contributed by atoms with Gasteiger partial charge in [0.15, 0.2) is 11.5 Å². The van der Waals surface area contributed by atoms with Crippen molar-refractivity contribution in [1.29, 1.82) is 0 Å². The number of rotatable bonds is 9. The fraction of sp³-hybridized carbons (Fsp3) is 0.350. The molecule has 1 heterocycles. The van der Waals surface area contributed by atoms with Gasteiger partial charge in [-0.2, -0.15) is 0 Å². The Hall–Kier alpha value is -2.77. The van der Waals surface area contributed by atoms with Crippen molar-refractivity contribution < 1.29 is 28.8 Å². The molecule has 2 aromatic rings. The van der Waals surface area contributed by atoms with Gasteiger partial charge in [0.1, 0.15) is 24.6 Å². The van der Waals surface area contributed by atoms with Crippen molar-refractivity contribution in [2.75, 3.05) is 19.9 Å². The molecule has 0 bridgehead atoms. The third-order valence-electron chi connectivity index (χ3n) is 4.01. The van der Waals surface area contributed by atoms with Crippen LogP contribution in [0.15, 0.2) is 48.5 Å². The van der Waals surface area contributed by atoms with Crippen LogP contribution in [0.4, 0.5) is 0 Å². The predicted octanol–water partition coefficient (Wildman–Crippen LogP) is 1.88. The van der Waals surface area contributed by atoms with E-state index in [4.69, 9.17) is 18.9 Å². The van der Waals surface area contributed by atoms with Crippen molar-refractivity contribution in [1.82, 2.24) is 5.32 Å². The first kappa shape index (κ1) is 19.0. The molecule has 0 aliphatic carbocycles. The lowest BCUT2D eigenvalue weighted by Gasteiger charge is -2.16. The van der Waals surface area contributed by atoms with E-state index in [0.29, 0.717) is 23.9 Å². The molecule has 0 aromatic heterocycles. The zero-order valence-corrected chi connectivity index (χ0v) is 15.1. The van der Waals surface area contributed by atoms with Crippen molar-refractivity contribution >= 4 is 5.91 Å². The minimum atomic E-state index is -0.847. The van der Waals surface area contributed by atoms with Gasteiger partial charge < -0.3 is 29.4 Å². The first-order valence-electron chi connectivity index (χ1n) is 8.75. The van der Waals surface area contributed by atoms with E-state index in [0.717, 1.165) is 5.56 Å². The molecule has 27 heavy (non-hydrogen) atoms. The van der Waals surface area contributed by atoms with E-state index in [1.807, 2.05) is 30.3 Å². The number of amides is 1. The normalized spacial score (nSPS) is 14.4. The molecule has 0 unspecified atom stereocenters. The van der Waals surface area contributed by atoms with Gasteiger partial charge in [0.25, 0.3) is 0 Å². The lowest BCUT2D eigenvalue weighted by atomic mass is 10.2. The van der Waals surface area contributed by atoms with Crippen molar-refractivity contribution in [3.8, 4) is 17.2 Å². The molecule has 0 fully saturated rings. The van der Waals surface area contributed by atoms with Gasteiger partial charge in [0.2, 0.25) is 12.7 Å². The maximum absolute atomic E-state index is 12.1. The summed E-state index contributed by atoms with van der Waals surface area (Å²) in [6.45, 7) is 2.33. The average Bonchev–Trinajstić information content (AvgIpc) is 3.17. The molecule has 1 amide bonds. The number of ether oxygens (including phenoxy) is 4. The Balaban J connectivity index is 1.35. The highest BCUT2D eigenvalue weighted by Crippen LogP contribution is 2.35. The summed E-state index contributed by atoms with van der Waals surface area (Å²) in [6.07, 6.45) is -1.46. The Morgan fingerprint density at radius 2 is 1.96 bits per heavy atom. The number of carbonyl (C=O) groups excluding carboxylic acids is 1. The molecule has 0 radical (unpaired) electrons. The van der Waals surface area contributed by atoms with Crippen LogP contribution in [0.2, 0.25) is 0 Å². The molecule has 0 saturated heterocycles. The summed E-state index contributed by atoms with van der Waals surface area (Å²) in [5.74, 6) is 1.55. The molecular formula is C20H23NO6. The van der Waals surface area contributed by atoms with Crippen molar-refractivity contribution in [3.63, 3.8) is 0 Å². The first-order chi connectivity index (χ1) is 13.1. The van der Waals surface area contributed by atoms with Crippen LogP contribution in [0.1, 0.15) is 12.5 Å². The molecule has 0 saturated carbocycles. The fourth-order valence-corrected chi connectivity index (χ4v) is 2.45. The summed E-state index contributed by atoms with van der Waals surface area (Å²) in [5.41, 5.74) is 0.995. The van der Waals surface area contributed by atoms with E-state index >= 15 is 0 Å². The molecule has 0 spiro atoms. The molecular weight excluding hydrogens is 350 g/mol. The van der Waals surface area contributed by atoms with Gasteiger partial charge in [-0.25, -0.2) is 0 Å². The quantitative estimate of drug-likeness (QED) is 0.698. The lowest BCUT2D eigenvalue weighted by molar-refractivity contribution is -0.133. The van der Waals surface area contributed by atoms with E-state index in [1.54, 1.807) is 25.1 Å². The molecule has 7 heteroatoms. The fourth-order valence-electron chi connectivity index (χ4n) is 2.45. The Morgan fingerprint density at radius 1 is 1.19 bits per heavy atom. The minimum Gasteiger partial charge on any atom is -0.491 e. The smallest absolute Gasteiger partial charge is 0.248 e. The zero-order chi connectivity index (χ0) is 19.1. The van der Waals surface area contributed by atoms with Crippen LogP contribution in [0, 0.1) is 0 Å². The molecule has 144 valence electrons. The number of fused-ring (bicyclic) bond motifs is 1. The molecule has 2 aromatic carbocycles. The van der Waals surface area contributed by atoms with Gasteiger partial charge in [0, 0.05) is 12.6 Å². The van der Waals surface area contributed by atoms with Gasteiger partial charge in [-0.05, 0) is 24.6 Å². The van der Waals surface area contributed by atoms with E-state index in [9.17, 15) is 9.90 Å². The highest BCUT2D eigenvalue weighted by molar-refractivity contribution is 5.80. The molecule has 3 rings (SSSR count). The molecule has 2 N–H and O–H groups in total. The molecule has 2 atom stereocenters. The Kier molecular flexibility index (Phi) is 6.51. The van der Waals surface area contributed by atoms with Gasteiger partial charge in [-0.3, -0.25) is 4.79 Å². The molecule has 1 aliphatic heterocycles. The number of benzene rings is 2. The largest absolute Gasteiger partial charge is 0.491 e. The maximum atomic E-state index is 12.1. The third-order valence-corrected chi connectivity index (χ3v) is 4.01. The number of aliphatic hydroxyl groups is 1. The molecule has 7 nitrogen and oxygen atoms in total. The van der Waals surface area contributed by atoms with Crippen molar-refractivity contribution in [3.05, 3.63) is 54.1 Å². The van der Waals surface area contributed by atoms with Gasteiger partial charge in [0.05, 0.1) is 6.61 Å². The lowest BCUT2D eigenvalue weighted by Crippen LogP contribution is -2.40. The number of nitrogens with one attached hydrogen (secondary N) is 1. The van der Waals surface area contributed by atoms with E-state index < -0.39 is 12.2 Å². The number of carbonyl (C=O) groups is 1. The first-order valence-corrected chi connectivity index (χ1v) is 8.75. The standard InChI is InChI=1S/C20H23NO6/c1-14(24-11-15-5-3-2-4-6-15)20(23)21-10-16(22)12-25-17-7-8-18-19(9-17)27-13-26-18/h2-9,14,16,22H,10-13H2,1H3,(H,21,23)/t14-,16-/m1/s1. The monoisotopic (exact) mass is 373 g/mol. The number of hydrogen-bond acceptors (Lipinski definition) is 6. The predicted molar refractivity (Wildman–Crippen MR) is 97.8 cm³/mol. The SMILES string of the molecule is C[C@@H](OCc1ccccc1)C(=O)NC[C@@H](O)COc1ccc2c(c1)OCO2. The van der Waals surface area contributed by atoms with Gasteiger partial charge in [-0.15, -0.1) is 0 Å². The van der Waals surface area contributed by atoms with E-state index in [2.05, 4.69) is 5.32 Å². The highest BCUT2D eigenvalue weighted by Gasteiger charge is 2.16. The summed E-state index contributed by atoms with van der Waals surface area (Å²) < 4.78 is 21.6. The number of hydrogen-bond donors (Lipinski definition) is 2. The highest BCUT2D eigenvalue weighted by atomic mass is 16.7. The summed E-state index contributed by atoms with van der Waals surface area (Å²) in [6, 6.07) is 14.8.